The van der Waals surface area contributed by atoms with Crippen molar-refractivity contribution in [3.05, 3.63) is 35.2 Å². The molecule has 1 aliphatic heterocycles. The second-order valence-electron chi connectivity index (χ2n) is 7.76. The van der Waals surface area contributed by atoms with E-state index in [9.17, 15) is 4.79 Å². The molecule has 3 heterocycles. The molecule has 7 heteroatoms. The molecule has 0 spiro atoms. The van der Waals surface area contributed by atoms with Gasteiger partial charge < -0.3 is 9.88 Å². The van der Waals surface area contributed by atoms with Crippen LogP contribution in [0.15, 0.2) is 12.3 Å². The van der Waals surface area contributed by atoms with Crippen molar-refractivity contribution in [1.29, 1.82) is 0 Å². The molecule has 1 amide bonds. The first kappa shape index (κ1) is 17.3. The maximum absolute atomic E-state index is 12.1. The van der Waals surface area contributed by atoms with Gasteiger partial charge in [-0.25, -0.2) is 4.98 Å². The summed E-state index contributed by atoms with van der Waals surface area (Å²) in [6.07, 6.45) is 4.93. The molecule has 0 unspecified atom stereocenters. The summed E-state index contributed by atoms with van der Waals surface area (Å²) in [5, 5.41) is 7.47. The minimum absolute atomic E-state index is 0.0854. The summed E-state index contributed by atoms with van der Waals surface area (Å²) in [7, 11) is 2.00. The molecule has 2 aliphatic rings. The number of aromatic nitrogens is 4. The van der Waals surface area contributed by atoms with E-state index in [1.54, 1.807) is 0 Å². The first-order chi connectivity index (χ1) is 12.5. The van der Waals surface area contributed by atoms with Crippen molar-refractivity contribution < 1.29 is 4.79 Å². The number of rotatable bonds is 6. The van der Waals surface area contributed by atoms with Crippen LogP contribution >= 0.6 is 0 Å². The first-order valence-corrected chi connectivity index (χ1v) is 9.56. The van der Waals surface area contributed by atoms with E-state index in [-0.39, 0.29) is 11.9 Å². The van der Waals surface area contributed by atoms with E-state index < -0.39 is 0 Å². The molecule has 0 radical (unpaired) electrons. The van der Waals surface area contributed by atoms with Crippen molar-refractivity contribution in [3.8, 4) is 0 Å². The predicted octanol–water partition coefficient (Wildman–Crippen LogP) is 1.57. The zero-order valence-corrected chi connectivity index (χ0v) is 15.9. The lowest BCUT2D eigenvalue weighted by molar-refractivity contribution is -0.120. The minimum atomic E-state index is 0.0854. The highest BCUT2D eigenvalue weighted by Crippen LogP contribution is 2.28. The van der Waals surface area contributed by atoms with Gasteiger partial charge in [0.25, 0.3) is 0 Å². The van der Waals surface area contributed by atoms with Gasteiger partial charge in [0.1, 0.15) is 5.82 Å². The monoisotopic (exact) mass is 356 g/mol. The fourth-order valence-electron chi connectivity index (χ4n) is 3.72. The Morgan fingerprint density at radius 2 is 2.15 bits per heavy atom. The third-order valence-corrected chi connectivity index (χ3v) is 5.50. The van der Waals surface area contributed by atoms with Gasteiger partial charge in [0.15, 0.2) is 0 Å². The zero-order chi connectivity index (χ0) is 18.3. The SMILES string of the molecule is Cc1cc(CN2CCn3cc(CC(=O)NCC4CC4)nc3[C@@H]2C)n(C)n1. The summed E-state index contributed by atoms with van der Waals surface area (Å²) in [5.41, 5.74) is 3.14. The quantitative estimate of drug-likeness (QED) is 0.853. The fraction of sp³-hybridized carbons (Fsp3) is 0.632. The first-order valence-electron chi connectivity index (χ1n) is 9.56. The average molecular weight is 356 g/mol. The van der Waals surface area contributed by atoms with Crippen LogP contribution in [-0.4, -0.2) is 43.2 Å². The van der Waals surface area contributed by atoms with Gasteiger partial charge in [0.05, 0.1) is 29.5 Å². The highest BCUT2D eigenvalue weighted by molar-refractivity contribution is 5.78. The number of hydrogen-bond acceptors (Lipinski definition) is 4. The van der Waals surface area contributed by atoms with Crippen LogP contribution in [0.3, 0.4) is 0 Å². The number of imidazole rings is 1. The molecule has 2 aromatic rings. The number of nitrogens with one attached hydrogen (secondary N) is 1. The molecule has 0 saturated heterocycles. The van der Waals surface area contributed by atoms with Gasteiger partial charge in [0.2, 0.25) is 5.91 Å². The third kappa shape index (κ3) is 3.67. The van der Waals surface area contributed by atoms with Crippen molar-refractivity contribution in [2.75, 3.05) is 13.1 Å². The number of amides is 1. The summed E-state index contributed by atoms with van der Waals surface area (Å²) >= 11 is 0. The van der Waals surface area contributed by atoms with Crippen molar-refractivity contribution in [1.82, 2.24) is 29.5 Å². The Bertz CT molecular complexity index is 803. The number of carbonyl (C=O) groups excluding carboxylic acids is 1. The second kappa shape index (κ2) is 6.87. The lowest BCUT2D eigenvalue weighted by Crippen LogP contribution is -2.36. The lowest BCUT2D eigenvalue weighted by atomic mass is 10.2. The number of nitrogens with zero attached hydrogens (tertiary/aromatic N) is 5. The van der Waals surface area contributed by atoms with Crippen molar-refractivity contribution in [2.24, 2.45) is 13.0 Å². The standard InChI is InChI=1S/C19H28N6O/c1-13-8-17(23(3)22-13)12-24-6-7-25-11-16(21-19(25)14(24)2)9-18(26)20-10-15-4-5-15/h8,11,14-15H,4-7,9-10,12H2,1-3H3,(H,20,26)/t14-/m0/s1. The van der Waals surface area contributed by atoms with Gasteiger partial charge in [-0.2, -0.15) is 5.10 Å². The van der Waals surface area contributed by atoms with Crippen molar-refractivity contribution >= 4 is 5.91 Å². The number of aryl methyl sites for hydroxylation is 2. The normalized spacial score (nSPS) is 20.2. The van der Waals surface area contributed by atoms with E-state index >= 15 is 0 Å². The molecule has 1 saturated carbocycles. The van der Waals surface area contributed by atoms with Crippen molar-refractivity contribution in [2.45, 2.75) is 52.2 Å². The molecule has 1 atom stereocenters. The molecule has 0 aromatic carbocycles. The van der Waals surface area contributed by atoms with Gasteiger partial charge in [-0.1, -0.05) is 0 Å². The Morgan fingerprint density at radius 1 is 1.35 bits per heavy atom. The molecule has 1 fully saturated rings. The van der Waals surface area contributed by atoms with Crippen LogP contribution in [0.4, 0.5) is 0 Å². The van der Waals surface area contributed by atoms with Crippen LogP contribution < -0.4 is 5.32 Å². The van der Waals surface area contributed by atoms with Crippen molar-refractivity contribution in [3.63, 3.8) is 0 Å². The number of fused-ring (bicyclic) bond motifs is 1. The van der Waals surface area contributed by atoms with Crippen LogP contribution in [0.1, 0.15) is 48.7 Å². The van der Waals surface area contributed by atoms with E-state index in [0.29, 0.717) is 12.3 Å². The van der Waals surface area contributed by atoms with Gasteiger partial charge in [0, 0.05) is 39.4 Å². The highest BCUT2D eigenvalue weighted by Gasteiger charge is 2.27. The highest BCUT2D eigenvalue weighted by atomic mass is 16.1. The molecular weight excluding hydrogens is 328 g/mol. The average Bonchev–Trinajstić information content (AvgIpc) is 3.25. The molecule has 1 aliphatic carbocycles. The summed E-state index contributed by atoms with van der Waals surface area (Å²) in [5.74, 6) is 1.85. The molecule has 1 N–H and O–H groups in total. The number of hydrogen-bond donors (Lipinski definition) is 1. The van der Waals surface area contributed by atoms with Gasteiger partial charge in [-0.3, -0.25) is 14.4 Å². The number of carbonyl (C=O) groups is 1. The summed E-state index contributed by atoms with van der Waals surface area (Å²) in [4.78, 5) is 19.3. The Hall–Kier alpha value is -2.15. The van der Waals surface area contributed by atoms with Gasteiger partial charge in [-0.05, 0) is 38.7 Å². The van der Waals surface area contributed by atoms with E-state index in [1.165, 1.54) is 18.5 Å². The Labute approximate surface area is 154 Å². The maximum atomic E-state index is 12.1. The van der Waals surface area contributed by atoms with Gasteiger partial charge >= 0.3 is 0 Å². The molecule has 2 aromatic heterocycles. The summed E-state index contributed by atoms with van der Waals surface area (Å²) in [6.45, 7) is 7.78. The maximum Gasteiger partial charge on any atom is 0.226 e. The molecule has 140 valence electrons. The molecule has 26 heavy (non-hydrogen) atoms. The predicted molar refractivity (Wildman–Crippen MR) is 98.4 cm³/mol. The lowest BCUT2D eigenvalue weighted by Gasteiger charge is -2.33. The Balaban J connectivity index is 1.41. The third-order valence-electron chi connectivity index (χ3n) is 5.50. The van der Waals surface area contributed by atoms with E-state index in [0.717, 1.165) is 43.4 Å². The zero-order valence-electron chi connectivity index (χ0n) is 15.9. The van der Waals surface area contributed by atoms with Crippen LogP contribution in [0.25, 0.3) is 0 Å². The minimum Gasteiger partial charge on any atom is -0.355 e. The fourth-order valence-corrected chi connectivity index (χ4v) is 3.72. The summed E-state index contributed by atoms with van der Waals surface area (Å²) < 4.78 is 4.16. The van der Waals surface area contributed by atoms with Crippen LogP contribution in [0.2, 0.25) is 0 Å². The second-order valence-corrected chi connectivity index (χ2v) is 7.76. The van der Waals surface area contributed by atoms with E-state index in [4.69, 9.17) is 4.98 Å². The Kier molecular flexibility index (Phi) is 4.56. The topological polar surface area (TPSA) is 68.0 Å². The molecule has 4 rings (SSSR count). The molecular formula is C19H28N6O. The van der Waals surface area contributed by atoms with Crippen LogP contribution in [-0.2, 0) is 31.4 Å². The smallest absolute Gasteiger partial charge is 0.226 e. The van der Waals surface area contributed by atoms with Crippen LogP contribution in [0.5, 0.6) is 0 Å². The largest absolute Gasteiger partial charge is 0.355 e. The molecule has 7 nitrogen and oxygen atoms in total. The van der Waals surface area contributed by atoms with Crippen LogP contribution in [0, 0.1) is 12.8 Å². The van der Waals surface area contributed by atoms with Gasteiger partial charge in [-0.15, -0.1) is 0 Å². The molecule has 0 bridgehead atoms. The van der Waals surface area contributed by atoms with E-state index in [1.807, 2.05) is 24.9 Å². The van der Waals surface area contributed by atoms with E-state index in [2.05, 4.69) is 32.9 Å². The Morgan fingerprint density at radius 3 is 2.85 bits per heavy atom. The summed E-state index contributed by atoms with van der Waals surface area (Å²) in [6, 6.07) is 2.37.